The number of anilines is 1. The van der Waals surface area contributed by atoms with E-state index in [1.54, 1.807) is 31.2 Å². The SMILES string of the molecule is CCOC(=O)C1C=[N+](c2ccc(N3CCOC3=O)cc2)C(=O)N(Cc2scc(C)c2Cl)C1=O. The van der Waals surface area contributed by atoms with Crippen LogP contribution in [0.1, 0.15) is 17.4 Å². The van der Waals surface area contributed by atoms with E-state index in [1.165, 1.54) is 27.0 Å². The number of carbonyl (C=O) groups excluding carboxylic acids is 4. The second-order valence-electron chi connectivity index (χ2n) is 7.39. The van der Waals surface area contributed by atoms with Gasteiger partial charge in [0.1, 0.15) is 25.1 Å². The molecule has 0 radical (unpaired) electrons. The van der Waals surface area contributed by atoms with Crippen LogP contribution in [0, 0.1) is 12.8 Å². The van der Waals surface area contributed by atoms with Gasteiger partial charge in [0.2, 0.25) is 5.92 Å². The molecule has 1 fully saturated rings. The molecule has 33 heavy (non-hydrogen) atoms. The van der Waals surface area contributed by atoms with Crippen LogP contribution < -0.4 is 4.90 Å². The number of amides is 4. The highest BCUT2D eigenvalue weighted by atomic mass is 35.5. The summed E-state index contributed by atoms with van der Waals surface area (Å²) in [4.78, 5) is 53.8. The maximum absolute atomic E-state index is 13.3. The molecule has 0 saturated carbocycles. The molecule has 0 bridgehead atoms. The molecule has 0 N–H and O–H groups in total. The number of cyclic esters (lactones) is 1. The molecule has 1 saturated heterocycles. The zero-order valence-corrected chi connectivity index (χ0v) is 19.5. The number of hydrogen-bond donors (Lipinski definition) is 0. The molecule has 1 unspecified atom stereocenters. The topological polar surface area (TPSA) is 96.2 Å². The van der Waals surface area contributed by atoms with Crippen molar-refractivity contribution in [3.63, 3.8) is 0 Å². The number of thiophene rings is 1. The molecule has 11 heteroatoms. The summed E-state index contributed by atoms with van der Waals surface area (Å²) in [7, 11) is 0. The maximum Gasteiger partial charge on any atom is 0.505 e. The van der Waals surface area contributed by atoms with Gasteiger partial charge >= 0.3 is 24.0 Å². The van der Waals surface area contributed by atoms with Gasteiger partial charge in [-0.3, -0.25) is 9.69 Å². The minimum atomic E-state index is -1.28. The van der Waals surface area contributed by atoms with E-state index in [0.717, 1.165) is 10.5 Å². The Balaban J connectivity index is 1.68. The molecule has 4 amide bonds. The summed E-state index contributed by atoms with van der Waals surface area (Å²) in [5.41, 5.74) is 1.88. The van der Waals surface area contributed by atoms with Crippen molar-refractivity contribution >= 4 is 64.5 Å². The molecule has 2 aliphatic rings. The Morgan fingerprint density at radius 1 is 1.27 bits per heavy atom. The third-order valence-corrected chi connectivity index (χ3v) is 7.01. The van der Waals surface area contributed by atoms with Crippen LogP contribution >= 0.6 is 22.9 Å². The standard InChI is InChI=1S/C22H21ClN3O6S/c1-3-31-20(28)16-10-25(15-6-4-14(5-7-15)24-8-9-32-22(24)30)21(29)26(19(16)27)11-17-18(23)13(2)12-33-17/h4-7,10,12,16H,3,8-9,11H2,1-2H3/q+1. The number of aryl methyl sites for hydroxylation is 1. The van der Waals surface area contributed by atoms with Crippen LogP contribution in [-0.4, -0.2) is 59.4 Å². The van der Waals surface area contributed by atoms with E-state index in [1.807, 2.05) is 12.3 Å². The molecule has 9 nitrogen and oxygen atoms in total. The summed E-state index contributed by atoms with van der Waals surface area (Å²) in [6.07, 6.45) is 0.824. The van der Waals surface area contributed by atoms with E-state index in [0.29, 0.717) is 34.4 Å². The summed E-state index contributed by atoms with van der Waals surface area (Å²) in [5, 5.41) is 2.32. The quantitative estimate of drug-likeness (QED) is 0.348. The fraction of sp³-hybridized carbons (Fsp3) is 0.318. The molecule has 2 aromatic rings. The Bertz CT molecular complexity index is 1160. The van der Waals surface area contributed by atoms with Gasteiger partial charge in [0, 0.05) is 5.69 Å². The fourth-order valence-corrected chi connectivity index (χ4v) is 4.78. The van der Waals surface area contributed by atoms with Gasteiger partial charge in [0.25, 0.3) is 0 Å². The van der Waals surface area contributed by atoms with Gasteiger partial charge in [-0.2, -0.15) is 14.3 Å². The molecule has 4 rings (SSSR count). The van der Waals surface area contributed by atoms with Crippen molar-refractivity contribution in [2.45, 2.75) is 20.4 Å². The number of imide groups is 1. The number of ether oxygens (including phenoxy) is 2. The lowest BCUT2D eigenvalue weighted by Crippen LogP contribution is -2.51. The van der Waals surface area contributed by atoms with Gasteiger partial charge in [-0.1, -0.05) is 11.6 Å². The number of rotatable bonds is 6. The van der Waals surface area contributed by atoms with Crippen molar-refractivity contribution < 1.29 is 33.2 Å². The molecular formula is C22H21ClN3O6S+. The summed E-state index contributed by atoms with van der Waals surface area (Å²) < 4.78 is 11.3. The number of carbonyl (C=O) groups is 4. The maximum atomic E-state index is 13.3. The Morgan fingerprint density at radius 3 is 2.58 bits per heavy atom. The first kappa shape index (κ1) is 22.9. The van der Waals surface area contributed by atoms with E-state index in [2.05, 4.69) is 0 Å². The van der Waals surface area contributed by atoms with Crippen molar-refractivity contribution in [1.29, 1.82) is 0 Å². The zero-order chi connectivity index (χ0) is 23.7. The van der Waals surface area contributed by atoms with Crippen molar-refractivity contribution in [1.82, 2.24) is 4.90 Å². The van der Waals surface area contributed by atoms with Crippen molar-refractivity contribution in [3.8, 4) is 0 Å². The van der Waals surface area contributed by atoms with Crippen LogP contribution in [0.4, 0.5) is 21.0 Å². The zero-order valence-electron chi connectivity index (χ0n) is 17.9. The Kier molecular flexibility index (Phi) is 6.48. The Morgan fingerprint density at radius 2 is 2.00 bits per heavy atom. The number of halogens is 1. The minimum Gasteiger partial charge on any atom is -0.465 e. The van der Waals surface area contributed by atoms with Crippen molar-refractivity contribution in [2.75, 3.05) is 24.7 Å². The van der Waals surface area contributed by atoms with E-state index in [9.17, 15) is 19.2 Å². The first-order chi connectivity index (χ1) is 15.8. The average Bonchev–Trinajstić information content (AvgIpc) is 3.37. The average molecular weight is 491 g/mol. The van der Waals surface area contributed by atoms with E-state index in [4.69, 9.17) is 21.1 Å². The van der Waals surface area contributed by atoms with Crippen LogP contribution in [0.25, 0.3) is 0 Å². The number of hydrogen-bond acceptors (Lipinski definition) is 7. The molecule has 2 aliphatic heterocycles. The van der Waals surface area contributed by atoms with Crippen molar-refractivity contribution in [3.05, 3.63) is 45.1 Å². The summed E-state index contributed by atoms with van der Waals surface area (Å²) in [6.45, 7) is 4.25. The highest BCUT2D eigenvalue weighted by Crippen LogP contribution is 2.31. The third kappa shape index (κ3) is 4.36. The Hall–Kier alpha value is -3.24. The normalized spacial score (nSPS) is 18.5. The van der Waals surface area contributed by atoms with Gasteiger partial charge < -0.3 is 9.47 Å². The highest BCUT2D eigenvalue weighted by molar-refractivity contribution is 7.10. The van der Waals surface area contributed by atoms with E-state index < -0.39 is 29.9 Å². The smallest absolute Gasteiger partial charge is 0.465 e. The molecule has 0 aliphatic carbocycles. The van der Waals surface area contributed by atoms with Gasteiger partial charge in [0.15, 0.2) is 0 Å². The summed E-state index contributed by atoms with van der Waals surface area (Å²) >= 11 is 7.66. The fourth-order valence-electron chi connectivity index (χ4n) is 3.56. The number of esters is 1. The van der Waals surface area contributed by atoms with Gasteiger partial charge in [-0.05, 0) is 49.1 Å². The predicted octanol–water partition coefficient (Wildman–Crippen LogP) is 3.72. The molecule has 172 valence electrons. The molecule has 1 aromatic heterocycles. The van der Waals surface area contributed by atoms with E-state index in [-0.39, 0.29) is 13.2 Å². The first-order valence-corrected chi connectivity index (χ1v) is 11.5. The lowest BCUT2D eigenvalue weighted by molar-refractivity contribution is -0.344. The van der Waals surface area contributed by atoms with Gasteiger partial charge in [0.05, 0.1) is 23.1 Å². The summed E-state index contributed by atoms with van der Waals surface area (Å²) in [6, 6.07) is 5.99. The van der Waals surface area contributed by atoms with Crippen LogP contribution in [0.2, 0.25) is 5.02 Å². The van der Waals surface area contributed by atoms with Crippen LogP contribution in [-0.2, 0) is 25.6 Å². The second-order valence-corrected chi connectivity index (χ2v) is 8.74. The van der Waals surface area contributed by atoms with Gasteiger partial charge in [-0.15, -0.1) is 11.3 Å². The summed E-state index contributed by atoms with van der Waals surface area (Å²) in [5.74, 6) is -2.70. The van der Waals surface area contributed by atoms with Gasteiger partial charge in [-0.25, -0.2) is 9.59 Å². The van der Waals surface area contributed by atoms with Crippen molar-refractivity contribution in [2.24, 2.45) is 5.92 Å². The monoisotopic (exact) mass is 490 g/mol. The molecule has 1 aromatic carbocycles. The largest absolute Gasteiger partial charge is 0.505 e. The molecule has 3 heterocycles. The van der Waals surface area contributed by atoms with Crippen LogP contribution in [0.3, 0.4) is 0 Å². The lowest BCUT2D eigenvalue weighted by Gasteiger charge is -2.22. The Labute approximate surface area is 198 Å². The minimum absolute atomic E-state index is 0.0625. The van der Waals surface area contributed by atoms with E-state index >= 15 is 0 Å². The second kappa shape index (κ2) is 9.32. The molecule has 0 spiro atoms. The lowest BCUT2D eigenvalue weighted by atomic mass is 10.1. The molecule has 1 atom stereocenters. The van der Waals surface area contributed by atoms with Crippen LogP contribution in [0.15, 0.2) is 29.6 Å². The van der Waals surface area contributed by atoms with Crippen LogP contribution in [0.5, 0.6) is 0 Å². The molecular weight excluding hydrogens is 470 g/mol. The number of nitrogens with zero attached hydrogens (tertiary/aromatic N) is 3. The number of urea groups is 1. The predicted molar refractivity (Wildman–Crippen MR) is 121 cm³/mol. The first-order valence-electron chi connectivity index (χ1n) is 10.2. The number of benzene rings is 1. The highest BCUT2D eigenvalue weighted by Gasteiger charge is 2.48. The third-order valence-electron chi connectivity index (χ3n) is 5.28.